The van der Waals surface area contributed by atoms with Crippen LogP contribution in [0.3, 0.4) is 0 Å². The second-order valence-electron chi connectivity index (χ2n) is 3.79. The van der Waals surface area contributed by atoms with E-state index < -0.39 is 0 Å². The monoisotopic (exact) mass is 173 g/mol. The predicted molar refractivity (Wildman–Crippen MR) is 44.5 cm³/mol. The lowest BCUT2D eigenvalue weighted by Gasteiger charge is -2.18. The van der Waals surface area contributed by atoms with E-state index in [-0.39, 0.29) is 5.41 Å². The summed E-state index contributed by atoms with van der Waals surface area (Å²) in [4.78, 5) is 0. The van der Waals surface area contributed by atoms with Gasteiger partial charge in [-0.15, -0.1) is 10.2 Å². The summed E-state index contributed by atoms with van der Waals surface area (Å²) in [5.41, 5.74) is 0.214. The molecule has 1 heterocycles. The quantitative estimate of drug-likeness (QED) is 0.650. The molecule has 0 bridgehead atoms. The molecule has 0 saturated carbocycles. The topological polar surface area (TPSA) is 30.7 Å². The van der Waals surface area contributed by atoms with Gasteiger partial charge in [-0.2, -0.15) is 0 Å². The van der Waals surface area contributed by atoms with Crippen LogP contribution in [-0.4, -0.2) is 14.8 Å². The average Bonchev–Trinajstić information content (AvgIpc) is 2.12. The molecule has 0 amide bonds. The van der Waals surface area contributed by atoms with Crippen molar-refractivity contribution in [1.29, 1.82) is 0 Å². The van der Waals surface area contributed by atoms with Gasteiger partial charge >= 0.3 is 0 Å². The van der Waals surface area contributed by atoms with Gasteiger partial charge in [0.25, 0.3) is 0 Å². The SMILES string of the molecule is CC(C)(C)Cn1cnnc1Cl. The molecule has 0 N–H and O–H groups in total. The Balaban J connectivity index is 2.72. The van der Waals surface area contributed by atoms with Gasteiger partial charge in [0.1, 0.15) is 6.33 Å². The summed E-state index contributed by atoms with van der Waals surface area (Å²) in [7, 11) is 0. The molecule has 1 aromatic rings. The maximum atomic E-state index is 5.74. The predicted octanol–water partition coefficient (Wildman–Crippen LogP) is 1.98. The van der Waals surface area contributed by atoms with Crippen molar-refractivity contribution in [2.24, 2.45) is 5.41 Å². The van der Waals surface area contributed by atoms with Crippen molar-refractivity contribution in [1.82, 2.24) is 14.8 Å². The highest BCUT2D eigenvalue weighted by molar-refractivity contribution is 6.28. The normalized spacial score (nSPS) is 12.0. The smallest absolute Gasteiger partial charge is 0.224 e. The van der Waals surface area contributed by atoms with Crippen LogP contribution in [0.5, 0.6) is 0 Å². The molecule has 0 aromatic carbocycles. The second-order valence-corrected chi connectivity index (χ2v) is 4.13. The summed E-state index contributed by atoms with van der Waals surface area (Å²) in [5, 5.41) is 7.82. The van der Waals surface area contributed by atoms with E-state index in [1.54, 1.807) is 6.33 Å². The van der Waals surface area contributed by atoms with Crippen LogP contribution in [0.15, 0.2) is 6.33 Å². The van der Waals surface area contributed by atoms with E-state index in [0.717, 1.165) is 6.54 Å². The molecule has 62 valence electrons. The first-order valence-electron chi connectivity index (χ1n) is 3.52. The van der Waals surface area contributed by atoms with Crippen LogP contribution >= 0.6 is 11.6 Å². The van der Waals surface area contributed by atoms with E-state index in [9.17, 15) is 0 Å². The van der Waals surface area contributed by atoms with E-state index >= 15 is 0 Å². The Morgan fingerprint density at radius 2 is 2.18 bits per heavy atom. The van der Waals surface area contributed by atoms with E-state index in [2.05, 4.69) is 31.0 Å². The van der Waals surface area contributed by atoms with Crippen LogP contribution < -0.4 is 0 Å². The molecule has 11 heavy (non-hydrogen) atoms. The van der Waals surface area contributed by atoms with Crippen molar-refractivity contribution < 1.29 is 0 Å². The number of nitrogens with zero attached hydrogens (tertiary/aromatic N) is 3. The summed E-state index contributed by atoms with van der Waals surface area (Å²) >= 11 is 5.74. The van der Waals surface area contributed by atoms with Gasteiger partial charge in [0, 0.05) is 6.54 Å². The third-order valence-corrected chi connectivity index (χ3v) is 1.51. The molecule has 0 atom stereocenters. The minimum atomic E-state index is 0.214. The Morgan fingerprint density at radius 3 is 2.55 bits per heavy atom. The van der Waals surface area contributed by atoms with Crippen LogP contribution in [-0.2, 0) is 6.54 Å². The van der Waals surface area contributed by atoms with Crippen LogP contribution in [0.25, 0.3) is 0 Å². The Hall–Kier alpha value is -0.570. The van der Waals surface area contributed by atoms with Gasteiger partial charge in [0.05, 0.1) is 0 Å². The van der Waals surface area contributed by atoms with Crippen LogP contribution in [0.1, 0.15) is 20.8 Å². The van der Waals surface area contributed by atoms with Crippen LogP contribution in [0, 0.1) is 5.41 Å². The molecule has 0 aliphatic carbocycles. The highest BCUT2D eigenvalue weighted by atomic mass is 35.5. The Bertz CT molecular complexity index is 236. The number of aromatic nitrogens is 3. The molecular formula is C7H12ClN3. The summed E-state index contributed by atoms with van der Waals surface area (Å²) in [6, 6.07) is 0. The van der Waals surface area contributed by atoms with Gasteiger partial charge < -0.3 is 4.57 Å². The van der Waals surface area contributed by atoms with Crippen molar-refractivity contribution >= 4 is 11.6 Å². The molecule has 1 aromatic heterocycles. The Labute approximate surface area is 71.4 Å². The zero-order valence-electron chi connectivity index (χ0n) is 7.00. The molecule has 0 aliphatic rings. The molecule has 0 aliphatic heterocycles. The number of hydrogen-bond donors (Lipinski definition) is 0. The van der Waals surface area contributed by atoms with Crippen LogP contribution in [0.2, 0.25) is 5.28 Å². The maximum Gasteiger partial charge on any atom is 0.224 e. The third-order valence-electron chi connectivity index (χ3n) is 1.21. The lowest BCUT2D eigenvalue weighted by molar-refractivity contribution is 0.343. The zero-order chi connectivity index (χ0) is 8.48. The third kappa shape index (κ3) is 2.50. The lowest BCUT2D eigenvalue weighted by atomic mass is 9.97. The van der Waals surface area contributed by atoms with E-state index in [1.165, 1.54) is 0 Å². The largest absolute Gasteiger partial charge is 0.304 e. The van der Waals surface area contributed by atoms with Crippen molar-refractivity contribution in [3.05, 3.63) is 11.6 Å². The molecule has 1 rings (SSSR count). The van der Waals surface area contributed by atoms with Gasteiger partial charge in [0.15, 0.2) is 0 Å². The minimum Gasteiger partial charge on any atom is -0.304 e. The fourth-order valence-corrected chi connectivity index (χ4v) is 1.01. The van der Waals surface area contributed by atoms with Crippen LogP contribution in [0.4, 0.5) is 0 Å². The highest BCUT2D eigenvalue weighted by Gasteiger charge is 2.12. The fourth-order valence-electron chi connectivity index (χ4n) is 0.858. The van der Waals surface area contributed by atoms with Gasteiger partial charge in [0.2, 0.25) is 5.28 Å². The van der Waals surface area contributed by atoms with Gasteiger partial charge in [-0.1, -0.05) is 20.8 Å². The Morgan fingerprint density at radius 1 is 1.55 bits per heavy atom. The van der Waals surface area contributed by atoms with E-state index in [4.69, 9.17) is 11.6 Å². The van der Waals surface area contributed by atoms with Gasteiger partial charge in [-0.25, -0.2) is 0 Å². The number of rotatable bonds is 1. The summed E-state index contributed by atoms with van der Waals surface area (Å²) in [6.45, 7) is 7.27. The molecule has 3 nitrogen and oxygen atoms in total. The minimum absolute atomic E-state index is 0.214. The number of halogens is 1. The summed E-state index contributed by atoms with van der Waals surface area (Å²) in [6.07, 6.45) is 1.65. The number of hydrogen-bond acceptors (Lipinski definition) is 2. The summed E-state index contributed by atoms with van der Waals surface area (Å²) < 4.78 is 1.83. The zero-order valence-corrected chi connectivity index (χ0v) is 7.76. The van der Waals surface area contributed by atoms with Crippen molar-refractivity contribution in [2.45, 2.75) is 27.3 Å². The van der Waals surface area contributed by atoms with E-state index in [1.807, 2.05) is 4.57 Å². The molecule has 0 spiro atoms. The molecule has 0 radical (unpaired) electrons. The second kappa shape index (κ2) is 2.81. The first-order valence-corrected chi connectivity index (χ1v) is 3.90. The molecule has 0 fully saturated rings. The van der Waals surface area contributed by atoms with Gasteiger partial charge in [-0.05, 0) is 17.0 Å². The molecule has 0 saturated heterocycles. The summed E-state index contributed by atoms with van der Waals surface area (Å²) in [5.74, 6) is 0. The van der Waals surface area contributed by atoms with Crippen molar-refractivity contribution in [3.8, 4) is 0 Å². The van der Waals surface area contributed by atoms with Crippen molar-refractivity contribution in [3.63, 3.8) is 0 Å². The lowest BCUT2D eigenvalue weighted by Crippen LogP contribution is -2.14. The molecule has 4 heteroatoms. The molecular weight excluding hydrogens is 162 g/mol. The Kier molecular flexibility index (Phi) is 2.18. The van der Waals surface area contributed by atoms with E-state index in [0.29, 0.717) is 5.28 Å². The molecule has 0 unspecified atom stereocenters. The van der Waals surface area contributed by atoms with Crippen molar-refractivity contribution in [2.75, 3.05) is 0 Å². The standard InChI is InChI=1S/C7H12ClN3/c1-7(2,3)4-11-5-9-10-6(11)8/h5H,4H2,1-3H3. The first kappa shape index (κ1) is 8.53. The fraction of sp³-hybridized carbons (Fsp3) is 0.714. The first-order chi connectivity index (χ1) is 4.99. The average molecular weight is 174 g/mol. The van der Waals surface area contributed by atoms with Gasteiger partial charge in [-0.3, -0.25) is 0 Å². The highest BCUT2D eigenvalue weighted by Crippen LogP contribution is 2.17. The maximum absolute atomic E-state index is 5.74.